The maximum atomic E-state index is 12.3. The smallest absolute Gasteiger partial charge is 0.242 e. The lowest BCUT2D eigenvalue weighted by Crippen LogP contribution is -2.39. The fourth-order valence-corrected chi connectivity index (χ4v) is 3.41. The van der Waals surface area contributed by atoms with Gasteiger partial charge in [-0.2, -0.15) is 4.31 Å². The van der Waals surface area contributed by atoms with E-state index in [-0.39, 0.29) is 11.4 Å². The molecule has 1 N–H and O–H groups in total. The number of aryl methyl sites for hydroxylation is 2. The van der Waals surface area contributed by atoms with Crippen molar-refractivity contribution < 1.29 is 13.5 Å². The molecule has 1 aromatic rings. The summed E-state index contributed by atoms with van der Waals surface area (Å²) in [4.78, 5) is 0.270. The summed E-state index contributed by atoms with van der Waals surface area (Å²) in [6, 6.07) is 5.21. The first kappa shape index (κ1) is 15.1. The topological polar surface area (TPSA) is 57.6 Å². The van der Waals surface area contributed by atoms with E-state index in [9.17, 15) is 13.5 Å². The van der Waals surface area contributed by atoms with Crippen LogP contribution in [0.15, 0.2) is 23.1 Å². The fraction of sp³-hybridized carbons (Fsp3) is 0.538. The molecule has 102 valence electrons. The molecular weight excluding hydrogens is 250 g/mol. The summed E-state index contributed by atoms with van der Waals surface area (Å²) in [7, 11) is -2.07. The molecule has 0 saturated heterocycles. The van der Waals surface area contributed by atoms with E-state index in [1.807, 2.05) is 19.9 Å². The van der Waals surface area contributed by atoms with Crippen LogP contribution in [0.25, 0.3) is 0 Å². The molecular formula is C13H21NO3S. The molecule has 1 aromatic carbocycles. The van der Waals surface area contributed by atoms with Crippen LogP contribution < -0.4 is 0 Å². The van der Waals surface area contributed by atoms with Gasteiger partial charge in [-0.05, 0) is 51.0 Å². The van der Waals surface area contributed by atoms with Crippen LogP contribution in [0.1, 0.15) is 25.0 Å². The Balaban J connectivity index is 3.13. The van der Waals surface area contributed by atoms with E-state index in [4.69, 9.17) is 0 Å². The van der Waals surface area contributed by atoms with Gasteiger partial charge in [0.15, 0.2) is 0 Å². The number of benzene rings is 1. The standard InChI is InChI=1S/C13H21NO3S/c1-10-6-11(2)8-12(7-10)18(16,17)14(5)9-13(3,4)15/h6-8,15H,9H2,1-5H3. The molecule has 0 atom stereocenters. The first-order valence-electron chi connectivity index (χ1n) is 5.79. The SMILES string of the molecule is Cc1cc(C)cc(S(=O)(=O)N(C)CC(C)(C)O)c1. The molecule has 5 heteroatoms. The van der Waals surface area contributed by atoms with Crippen molar-refractivity contribution in [3.05, 3.63) is 29.3 Å². The van der Waals surface area contributed by atoms with Gasteiger partial charge in [-0.1, -0.05) is 6.07 Å². The zero-order chi connectivity index (χ0) is 14.1. The lowest BCUT2D eigenvalue weighted by molar-refractivity contribution is 0.0640. The summed E-state index contributed by atoms with van der Waals surface area (Å²) in [5.74, 6) is 0. The molecule has 0 aliphatic rings. The third-order valence-corrected chi connectivity index (χ3v) is 4.29. The lowest BCUT2D eigenvalue weighted by atomic mass is 10.1. The van der Waals surface area contributed by atoms with Crippen molar-refractivity contribution in [3.63, 3.8) is 0 Å². The van der Waals surface area contributed by atoms with Gasteiger partial charge in [0.2, 0.25) is 10.0 Å². The van der Waals surface area contributed by atoms with Crippen molar-refractivity contribution in [1.29, 1.82) is 0 Å². The molecule has 0 aliphatic carbocycles. The fourth-order valence-electron chi connectivity index (χ4n) is 1.89. The van der Waals surface area contributed by atoms with E-state index < -0.39 is 15.6 Å². The van der Waals surface area contributed by atoms with Crippen molar-refractivity contribution in [1.82, 2.24) is 4.31 Å². The van der Waals surface area contributed by atoms with E-state index in [1.165, 1.54) is 11.4 Å². The Morgan fingerprint density at radius 3 is 2.00 bits per heavy atom. The highest BCUT2D eigenvalue weighted by Crippen LogP contribution is 2.19. The number of hydrogen-bond donors (Lipinski definition) is 1. The Hall–Kier alpha value is -0.910. The number of likely N-dealkylation sites (N-methyl/N-ethyl adjacent to an activating group) is 1. The minimum Gasteiger partial charge on any atom is -0.389 e. The number of hydrogen-bond acceptors (Lipinski definition) is 3. The van der Waals surface area contributed by atoms with Gasteiger partial charge in [-0.15, -0.1) is 0 Å². The summed E-state index contributed by atoms with van der Waals surface area (Å²) in [6.07, 6.45) is 0. The number of nitrogens with zero attached hydrogens (tertiary/aromatic N) is 1. The van der Waals surface area contributed by atoms with Crippen LogP contribution in [-0.2, 0) is 10.0 Å². The van der Waals surface area contributed by atoms with Crippen molar-refractivity contribution in [2.45, 2.75) is 38.2 Å². The van der Waals surface area contributed by atoms with E-state index in [0.717, 1.165) is 11.1 Å². The average molecular weight is 271 g/mol. The second-order valence-corrected chi connectivity index (χ2v) is 7.44. The van der Waals surface area contributed by atoms with Crippen LogP contribution in [0.5, 0.6) is 0 Å². The van der Waals surface area contributed by atoms with Crippen LogP contribution in [0, 0.1) is 13.8 Å². The Morgan fingerprint density at radius 1 is 1.17 bits per heavy atom. The van der Waals surface area contributed by atoms with Crippen molar-refractivity contribution in [3.8, 4) is 0 Å². The van der Waals surface area contributed by atoms with E-state index in [0.29, 0.717) is 0 Å². The molecule has 0 heterocycles. The number of sulfonamides is 1. The van der Waals surface area contributed by atoms with Crippen molar-refractivity contribution >= 4 is 10.0 Å². The largest absolute Gasteiger partial charge is 0.389 e. The molecule has 0 fully saturated rings. The molecule has 0 radical (unpaired) electrons. The van der Waals surface area contributed by atoms with E-state index >= 15 is 0 Å². The van der Waals surface area contributed by atoms with Gasteiger partial charge >= 0.3 is 0 Å². The third kappa shape index (κ3) is 3.80. The Labute approximate surface area is 109 Å². The highest BCUT2D eigenvalue weighted by Gasteiger charge is 2.26. The molecule has 0 saturated carbocycles. The highest BCUT2D eigenvalue weighted by molar-refractivity contribution is 7.89. The molecule has 0 aliphatic heterocycles. The maximum absolute atomic E-state index is 12.3. The molecule has 0 amide bonds. The predicted molar refractivity (Wildman–Crippen MR) is 72.0 cm³/mol. The second kappa shape index (κ2) is 4.99. The van der Waals surface area contributed by atoms with Gasteiger partial charge in [-0.3, -0.25) is 0 Å². The normalized spacial score (nSPS) is 13.1. The molecule has 18 heavy (non-hydrogen) atoms. The summed E-state index contributed by atoms with van der Waals surface area (Å²) in [5.41, 5.74) is 0.760. The summed E-state index contributed by atoms with van der Waals surface area (Å²) >= 11 is 0. The third-order valence-electron chi connectivity index (χ3n) is 2.51. The van der Waals surface area contributed by atoms with Crippen LogP contribution in [0.4, 0.5) is 0 Å². The van der Waals surface area contributed by atoms with Crippen LogP contribution in [0.3, 0.4) is 0 Å². The Morgan fingerprint density at radius 2 is 1.61 bits per heavy atom. The quantitative estimate of drug-likeness (QED) is 0.906. The molecule has 0 aromatic heterocycles. The van der Waals surface area contributed by atoms with Gasteiger partial charge < -0.3 is 5.11 Å². The van der Waals surface area contributed by atoms with Crippen LogP contribution >= 0.6 is 0 Å². The Bertz CT molecular complexity index is 509. The van der Waals surface area contributed by atoms with Crippen LogP contribution in [0.2, 0.25) is 0 Å². The summed E-state index contributed by atoms with van der Waals surface area (Å²) in [6.45, 7) is 6.95. The second-order valence-electron chi connectivity index (χ2n) is 5.40. The lowest BCUT2D eigenvalue weighted by Gasteiger charge is -2.25. The zero-order valence-electron chi connectivity index (χ0n) is 11.6. The molecule has 4 nitrogen and oxygen atoms in total. The van der Waals surface area contributed by atoms with Crippen LogP contribution in [-0.4, -0.2) is 37.0 Å². The van der Waals surface area contributed by atoms with E-state index in [1.54, 1.807) is 26.0 Å². The molecule has 0 bridgehead atoms. The minimum absolute atomic E-state index is 0.0579. The maximum Gasteiger partial charge on any atom is 0.242 e. The monoisotopic (exact) mass is 271 g/mol. The molecule has 0 spiro atoms. The van der Waals surface area contributed by atoms with Crippen molar-refractivity contribution in [2.24, 2.45) is 0 Å². The minimum atomic E-state index is -3.54. The van der Waals surface area contributed by atoms with Crippen molar-refractivity contribution in [2.75, 3.05) is 13.6 Å². The average Bonchev–Trinajstić information content (AvgIpc) is 2.13. The van der Waals surface area contributed by atoms with Gasteiger partial charge in [0.25, 0.3) is 0 Å². The van der Waals surface area contributed by atoms with Gasteiger partial charge in [0.1, 0.15) is 0 Å². The zero-order valence-corrected chi connectivity index (χ0v) is 12.4. The number of rotatable bonds is 4. The highest BCUT2D eigenvalue weighted by atomic mass is 32.2. The first-order valence-corrected chi connectivity index (χ1v) is 7.23. The summed E-state index contributed by atoms with van der Waals surface area (Å²) < 4.78 is 25.8. The molecule has 1 rings (SSSR count). The molecule has 0 unspecified atom stereocenters. The Kier molecular flexibility index (Phi) is 4.20. The predicted octanol–water partition coefficient (Wildman–Crippen LogP) is 1.69. The van der Waals surface area contributed by atoms with Gasteiger partial charge in [0.05, 0.1) is 10.5 Å². The van der Waals surface area contributed by atoms with Gasteiger partial charge in [0, 0.05) is 13.6 Å². The number of aliphatic hydroxyl groups is 1. The first-order chi connectivity index (χ1) is 8.02. The van der Waals surface area contributed by atoms with E-state index in [2.05, 4.69) is 0 Å². The summed E-state index contributed by atoms with van der Waals surface area (Å²) in [5, 5.41) is 9.70. The van der Waals surface area contributed by atoms with Gasteiger partial charge in [-0.25, -0.2) is 8.42 Å².